The van der Waals surface area contributed by atoms with Crippen LogP contribution in [-0.2, 0) is 0 Å². The van der Waals surface area contributed by atoms with Crippen molar-refractivity contribution in [2.24, 2.45) is 11.7 Å². The van der Waals surface area contributed by atoms with Crippen molar-refractivity contribution in [3.63, 3.8) is 0 Å². The molecule has 0 radical (unpaired) electrons. The Morgan fingerprint density at radius 2 is 2.22 bits per heavy atom. The van der Waals surface area contributed by atoms with E-state index in [2.05, 4.69) is 6.92 Å². The summed E-state index contributed by atoms with van der Waals surface area (Å²) in [6.45, 7) is 2.21. The van der Waals surface area contributed by atoms with Crippen molar-refractivity contribution in [1.82, 2.24) is 0 Å². The van der Waals surface area contributed by atoms with Gasteiger partial charge in [-0.2, -0.15) is 0 Å². The monoisotopic (exact) mass is 267 g/mol. The van der Waals surface area contributed by atoms with Crippen LogP contribution in [0.15, 0.2) is 18.2 Å². The predicted octanol–water partition coefficient (Wildman–Crippen LogP) is 3.42. The maximum absolute atomic E-state index is 13.8. The lowest BCUT2D eigenvalue weighted by Crippen LogP contribution is -2.24. The average molecular weight is 267 g/mol. The molecule has 2 unspecified atom stereocenters. The SMILES string of the molecule is CC1CCCC(Oc2ccc(C(N)=S)cc2F)C1. The molecule has 0 saturated heterocycles. The fraction of sp³-hybridized carbons (Fsp3) is 0.500. The second kappa shape index (κ2) is 5.65. The number of hydrogen-bond donors (Lipinski definition) is 1. The molecule has 1 aromatic carbocycles. The zero-order chi connectivity index (χ0) is 13.1. The van der Waals surface area contributed by atoms with Gasteiger partial charge in [0.2, 0.25) is 0 Å². The van der Waals surface area contributed by atoms with Crippen molar-refractivity contribution in [3.05, 3.63) is 29.6 Å². The number of rotatable bonds is 3. The summed E-state index contributed by atoms with van der Waals surface area (Å²) in [4.78, 5) is 0.201. The van der Waals surface area contributed by atoms with Crippen LogP contribution in [0.4, 0.5) is 4.39 Å². The number of thiocarbonyl (C=S) groups is 1. The van der Waals surface area contributed by atoms with Gasteiger partial charge in [-0.1, -0.05) is 25.6 Å². The third kappa shape index (κ3) is 3.19. The minimum atomic E-state index is -0.390. The molecule has 0 bridgehead atoms. The Bertz CT molecular complexity index is 449. The number of hydrogen-bond acceptors (Lipinski definition) is 2. The third-order valence-corrected chi connectivity index (χ3v) is 3.63. The molecule has 98 valence electrons. The second-order valence-corrected chi connectivity index (χ2v) is 5.46. The minimum Gasteiger partial charge on any atom is -0.487 e. The third-order valence-electron chi connectivity index (χ3n) is 3.40. The lowest BCUT2D eigenvalue weighted by atomic mass is 9.89. The van der Waals surface area contributed by atoms with Gasteiger partial charge in [-0.15, -0.1) is 0 Å². The standard InChI is InChI=1S/C14H18FNOS/c1-9-3-2-4-11(7-9)17-13-6-5-10(14(16)18)8-12(13)15/h5-6,8-9,11H,2-4,7H2,1H3,(H2,16,18). The van der Waals surface area contributed by atoms with Crippen molar-refractivity contribution >= 4 is 17.2 Å². The van der Waals surface area contributed by atoms with Gasteiger partial charge >= 0.3 is 0 Å². The van der Waals surface area contributed by atoms with Gasteiger partial charge in [0.1, 0.15) is 4.99 Å². The highest BCUT2D eigenvalue weighted by molar-refractivity contribution is 7.80. The van der Waals surface area contributed by atoms with Crippen LogP contribution in [0.1, 0.15) is 38.2 Å². The molecule has 1 aliphatic carbocycles. The average Bonchev–Trinajstić information content (AvgIpc) is 2.31. The van der Waals surface area contributed by atoms with E-state index in [0.717, 1.165) is 19.3 Å². The highest BCUT2D eigenvalue weighted by Gasteiger charge is 2.21. The Labute approximate surface area is 112 Å². The summed E-state index contributed by atoms with van der Waals surface area (Å²) in [6.07, 6.45) is 4.51. The highest BCUT2D eigenvalue weighted by Crippen LogP contribution is 2.28. The maximum atomic E-state index is 13.8. The summed E-state index contributed by atoms with van der Waals surface area (Å²) >= 11 is 4.81. The molecular formula is C14H18FNOS. The zero-order valence-corrected chi connectivity index (χ0v) is 11.3. The first kappa shape index (κ1) is 13.3. The minimum absolute atomic E-state index is 0.124. The largest absolute Gasteiger partial charge is 0.487 e. The van der Waals surface area contributed by atoms with E-state index in [9.17, 15) is 4.39 Å². The summed E-state index contributed by atoms with van der Waals surface area (Å²) in [5.41, 5.74) is 5.99. The Morgan fingerprint density at radius 1 is 1.44 bits per heavy atom. The van der Waals surface area contributed by atoms with Crippen LogP contribution in [0, 0.1) is 11.7 Å². The summed E-state index contributed by atoms with van der Waals surface area (Å²) in [7, 11) is 0. The summed E-state index contributed by atoms with van der Waals surface area (Å²) in [6, 6.07) is 4.65. The molecule has 0 spiro atoms. The van der Waals surface area contributed by atoms with E-state index < -0.39 is 5.82 Å². The fourth-order valence-corrected chi connectivity index (χ4v) is 2.54. The Balaban J connectivity index is 2.07. The lowest BCUT2D eigenvalue weighted by molar-refractivity contribution is 0.124. The number of halogens is 1. The molecule has 1 aromatic rings. The maximum Gasteiger partial charge on any atom is 0.165 e. The van der Waals surface area contributed by atoms with Crippen LogP contribution in [0.2, 0.25) is 0 Å². The van der Waals surface area contributed by atoms with Crippen molar-refractivity contribution < 1.29 is 9.13 Å². The lowest BCUT2D eigenvalue weighted by Gasteiger charge is -2.27. The van der Waals surface area contributed by atoms with E-state index in [-0.39, 0.29) is 11.1 Å². The van der Waals surface area contributed by atoms with Crippen molar-refractivity contribution in [2.75, 3.05) is 0 Å². The topological polar surface area (TPSA) is 35.2 Å². The molecule has 0 amide bonds. The van der Waals surface area contributed by atoms with Crippen LogP contribution >= 0.6 is 12.2 Å². The van der Waals surface area contributed by atoms with E-state index in [1.54, 1.807) is 12.1 Å². The van der Waals surface area contributed by atoms with Gasteiger partial charge in [0.25, 0.3) is 0 Å². The van der Waals surface area contributed by atoms with Crippen molar-refractivity contribution in [1.29, 1.82) is 0 Å². The van der Waals surface area contributed by atoms with Crippen LogP contribution < -0.4 is 10.5 Å². The molecule has 0 aromatic heterocycles. The summed E-state index contributed by atoms with van der Waals surface area (Å²) < 4.78 is 19.6. The molecule has 2 atom stereocenters. The van der Waals surface area contributed by atoms with Gasteiger partial charge in [0.05, 0.1) is 6.10 Å². The second-order valence-electron chi connectivity index (χ2n) is 5.02. The van der Waals surface area contributed by atoms with Crippen molar-refractivity contribution in [2.45, 2.75) is 38.7 Å². The molecule has 2 rings (SSSR count). The summed E-state index contributed by atoms with van der Waals surface area (Å²) in [5, 5.41) is 0. The van der Waals surface area contributed by atoms with Crippen molar-refractivity contribution in [3.8, 4) is 5.75 Å². The molecular weight excluding hydrogens is 249 g/mol. The molecule has 0 aliphatic heterocycles. The first-order valence-electron chi connectivity index (χ1n) is 6.32. The van der Waals surface area contributed by atoms with Crippen LogP contribution in [-0.4, -0.2) is 11.1 Å². The van der Waals surface area contributed by atoms with E-state index in [1.807, 2.05) is 0 Å². The quantitative estimate of drug-likeness (QED) is 0.852. The molecule has 2 nitrogen and oxygen atoms in total. The van der Waals surface area contributed by atoms with Crippen LogP contribution in [0.5, 0.6) is 5.75 Å². The van der Waals surface area contributed by atoms with E-state index in [0.29, 0.717) is 17.2 Å². The smallest absolute Gasteiger partial charge is 0.165 e. The molecule has 0 heterocycles. The van der Waals surface area contributed by atoms with Crippen LogP contribution in [0.25, 0.3) is 0 Å². The van der Waals surface area contributed by atoms with Gasteiger partial charge in [0.15, 0.2) is 11.6 Å². The van der Waals surface area contributed by atoms with Crippen LogP contribution in [0.3, 0.4) is 0 Å². The summed E-state index contributed by atoms with van der Waals surface area (Å²) in [5.74, 6) is 0.565. The zero-order valence-electron chi connectivity index (χ0n) is 10.5. The Morgan fingerprint density at radius 3 is 2.83 bits per heavy atom. The van der Waals surface area contributed by atoms with Gasteiger partial charge in [-0.25, -0.2) is 4.39 Å². The normalized spacial score (nSPS) is 23.7. The molecule has 1 saturated carbocycles. The van der Waals surface area contributed by atoms with Gasteiger partial charge in [0, 0.05) is 5.56 Å². The molecule has 1 aliphatic rings. The van der Waals surface area contributed by atoms with E-state index in [1.165, 1.54) is 12.5 Å². The molecule has 2 N–H and O–H groups in total. The number of ether oxygens (including phenoxy) is 1. The highest BCUT2D eigenvalue weighted by atomic mass is 32.1. The first-order valence-corrected chi connectivity index (χ1v) is 6.73. The Kier molecular flexibility index (Phi) is 4.17. The van der Waals surface area contributed by atoms with E-state index >= 15 is 0 Å². The number of nitrogens with two attached hydrogens (primary N) is 1. The fourth-order valence-electron chi connectivity index (χ4n) is 2.41. The van der Waals surface area contributed by atoms with E-state index in [4.69, 9.17) is 22.7 Å². The molecule has 1 fully saturated rings. The van der Waals surface area contributed by atoms with Gasteiger partial charge < -0.3 is 10.5 Å². The Hall–Kier alpha value is -1.16. The molecule has 18 heavy (non-hydrogen) atoms. The predicted molar refractivity (Wildman–Crippen MR) is 74.3 cm³/mol. The molecule has 4 heteroatoms. The van der Waals surface area contributed by atoms with Gasteiger partial charge in [-0.05, 0) is 43.4 Å². The van der Waals surface area contributed by atoms with Gasteiger partial charge in [-0.3, -0.25) is 0 Å². The first-order chi connectivity index (χ1) is 8.56. The number of benzene rings is 1.